The minimum absolute atomic E-state index is 0.117. The maximum atomic E-state index is 12.2. The smallest absolute Gasteiger partial charge is 0.271 e. The van der Waals surface area contributed by atoms with Gasteiger partial charge in [0.1, 0.15) is 5.71 Å². The van der Waals surface area contributed by atoms with Crippen LogP contribution in [0.4, 0.5) is 0 Å². The fourth-order valence-electron chi connectivity index (χ4n) is 1.77. The Morgan fingerprint density at radius 2 is 1.89 bits per heavy atom. The van der Waals surface area contributed by atoms with Crippen LogP contribution in [0.2, 0.25) is 0 Å². The summed E-state index contributed by atoms with van der Waals surface area (Å²) >= 11 is 0. The first-order valence-corrected chi connectivity index (χ1v) is 7.61. The number of unbranched alkanes of at least 4 members (excludes halogenated alkanes) is 1. The van der Waals surface area contributed by atoms with E-state index in [0.29, 0.717) is 5.92 Å². The second-order valence-electron chi connectivity index (χ2n) is 5.20. The molecule has 0 bridgehead atoms. The van der Waals surface area contributed by atoms with E-state index in [4.69, 9.17) is 5.41 Å². The molecule has 0 aromatic carbocycles. The van der Waals surface area contributed by atoms with Crippen LogP contribution in [0.25, 0.3) is 0 Å². The predicted molar refractivity (Wildman–Crippen MR) is 82.7 cm³/mol. The average Bonchev–Trinajstić information content (AvgIpc) is 2.42. The predicted octanol–water partition coefficient (Wildman–Crippen LogP) is 4.04. The number of rotatable bonds is 10. The molecule has 0 radical (unpaired) electrons. The highest BCUT2D eigenvalue weighted by molar-refractivity contribution is 6.41. The molecule has 0 aromatic rings. The number of amides is 1. The summed E-state index contributed by atoms with van der Waals surface area (Å²) in [6, 6.07) is 0. The molecule has 110 valence electrons. The fraction of sp³-hybridized carbons (Fsp3) is 0.750. The lowest BCUT2D eigenvalue weighted by Crippen LogP contribution is -2.37. The van der Waals surface area contributed by atoms with Gasteiger partial charge in [0, 0.05) is 13.1 Å². The lowest BCUT2D eigenvalue weighted by atomic mass is 10.0. The summed E-state index contributed by atoms with van der Waals surface area (Å²) in [6.07, 6.45) is 8.64. The van der Waals surface area contributed by atoms with E-state index in [0.717, 1.165) is 45.2 Å². The number of carbonyl (C=O) groups is 1. The third kappa shape index (κ3) is 7.81. The third-order valence-electron chi connectivity index (χ3n) is 3.34. The first-order valence-electron chi connectivity index (χ1n) is 7.61. The minimum atomic E-state index is -0.127. The van der Waals surface area contributed by atoms with Gasteiger partial charge in [0.05, 0.1) is 0 Å². The molecule has 1 atom stereocenters. The highest BCUT2D eigenvalue weighted by Gasteiger charge is 2.16. The van der Waals surface area contributed by atoms with Crippen LogP contribution in [0.3, 0.4) is 0 Å². The van der Waals surface area contributed by atoms with E-state index < -0.39 is 0 Å². The second kappa shape index (κ2) is 10.8. The number of hydrogen-bond acceptors (Lipinski definition) is 2. The van der Waals surface area contributed by atoms with E-state index in [1.165, 1.54) is 0 Å². The van der Waals surface area contributed by atoms with Crippen LogP contribution in [0, 0.1) is 11.3 Å². The van der Waals surface area contributed by atoms with E-state index in [1.807, 2.05) is 11.0 Å². The Labute approximate surface area is 118 Å². The highest BCUT2D eigenvalue weighted by Crippen LogP contribution is 2.08. The summed E-state index contributed by atoms with van der Waals surface area (Å²) in [5, 5.41) is 7.83. The quantitative estimate of drug-likeness (QED) is 0.596. The molecule has 0 heterocycles. The van der Waals surface area contributed by atoms with Gasteiger partial charge >= 0.3 is 0 Å². The molecule has 1 unspecified atom stereocenters. The zero-order chi connectivity index (χ0) is 14.7. The third-order valence-corrected chi connectivity index (χ3v) is 3.34. The molecule has 0 saturated carbocycles. The summed E-state index contributed by atoms with van der Waals surface area (Å²) in [7, 11) is 0. The van der Waals surface area contributed by atoms with Gasteiger partial charge in [-0.1, -0.05) is 46.6 Å². The van der Waals surface area contributed by atoms with Crippen molar-refractivity contribution in [3.63, 3.8) is 0 Å². The Morgan fingerprint density at radius 1 is 1.21 bits per heavy atom. The summed E-state index contributed by atoms with van der Waals surface area (Å²) < 4.78 is 0. The number of nitrogens with one attached hydrogen (secondary N) is 1. The van der Waals surface area contributed by atoms with Crippen LogP contribution in [0.1, 0.15) is 59.8 Å². The van der Waals surface area contributed by atoms with Crippen LogP contribution in [0.5, 0.6) is 0 Å². The summed E-state index contributed by atoms with van der Waals surface area (Å²) in [6.45, 7) is 10.1. The van der Waals surface area contributed by atoms with Crippen LogP contribution < -0.4 is 0 Å². The van der Waals surface area contributed by atoms with E-state index in [9.17, 15) is 4.79 Å². The molecule has 0 aliphatic carbocycles. The molecular formula is C16H30N2O. The van der Waals surface area contributed by atoms with Crippen molar-refractivity contribution < 1.29 is 4.79 Å². The Balaban J connectivity index is 4.42. The molecule has 0 fully saturated rings. The van der Waals surface area contributed by atoms with Crippen LogP contribution in [-0.4, -0.2) is 29.6 Å². The standard InChI is InChI=1S/C16H30N2O/c1-5-8-9-10-15(17)16(19)18(12-6-2)13-11-14(4)7-3/h9-10,14,17H,5-8,11-13H2,1-4H3. The Bertz CT molecular complexity index is 297. The van der Waals surface area contributed by atoms with Crippen LogP contribution >= 0.6 is 0 Å². The number of carbonyl (C=O) groups excluding carboxylic acids is 1. The summed E-state index contributed by atoms with van der Waals surface area (Å²) in [5.74, 6) is 0.509. The maximum absolute atomic E-state index is 12.2. The SMILES string of the molecule is CCCC=CC(=N)C(=O)N(CCC)CCC(C)CC. The molecule has 1 N–H and O–H groups in total. The van der Waals surface area contributed by atoms with E-state index in [1.54, 1.807) is 6.08 Å². The largest absolute Gasteiger partial charge is 0.337 e. The van der Waals surface area contributed by atoms with Gasteiger partial charge in [-0.3, -0.25) is 10.2 Å². The van der Waals surface area contributed by atoms with Crippen molar-refractivity contribution in [3.8, 4) is 0 Å². The molecule has 0 rings (SSSR count). The van der Waals surface area contributed by atoms with Gasteiger partial charge in [0.15, 0.2) is 0 Å². The van der Waals surface area contributed by atoms with Gasteiger partial charge in [-0.25, -0.2) is 0 Å². The van der Waals surface area contributed by atoms with Crippen molar-refractivity contribution in [2.75, 3.05) is 13.1 Å². The first kappa shape index (κ1) is 17.9. The van der Waals surface area contributed by atoms with Crippen molar-refractivity contribution in [1.82, 2.24) is 4.90 Å². The lowest BCUT2D eigenvalue weighted by Gasteiger charge is -2.23. The van der Waals surface area contributed by atoms with Crippen molar-refractivity contribution in [2.45, 2.75) is 59.8 Å². The topological polar surface area (TPSA) is 44.2 Å². The summed E-state index contributed by atoms with van der Waals surface area (Å²) in [5.41, 5.74) is 0.117. The maximum Gasteiger partial charge on any atom is 0.271 e. The molecule has 3 heteroatoms. The van der Waals surface area contributed by atoms with E-state index in [2.05, 4.69) is 27.7 Å². The minimum Gasteiger partial charge on any atom is -0.337 e. The monoisotopic (exact) mass is 266 g/mol. The first-order chi connectivity index (χ1) is 9.06. The van der Waals surface area contributed by atoms with Gasteiger partial charge in [-0.2, -0.15) is 0 Å². The summed E-state index contributed by atoms with van der Waals surface area (Å²) in [4.78, 5) is 14.0. The molecule has 0 spiro atoms. The molecule has 0 aliphatic heterocycles. The molecule has 0 aromatic heterocycles. The number of nitrogens with zero attached hydrogens (tertiary/aromatic N) is 1. The van der Waals surface area contributed by atoms with E-state index >= 15 is 0 Å². The molecule has 0 aliphatic rings. The molecule has 0 saturated heterocycles. The molecule has 19 heavy (non-hydrogen) atoms. The van der Waals surface area contributed by atoms with Gasteiger partial charge in [-0.05, 0) is 31.3 Å². The van der Waals surface area contributed by atoms with Gasteiger partial charge in [0.25, 0.3) is 5.91 Å². The van der Waals surface area contributed by atoms with Gasteiger partial charge in [0.2, 0.25) is 0 Å². The Kier molecular flexibility index (Phi) is 10.1. The van der Waals surface area contributed by atoms with Gasteiger partial charge < -0.3 is 4.90 Å². The molecule has 1 amide bonds. The zero-order valence-electron chi connectivity index (χ0n) is 13.0. The van der Waals surface area contributed by atoms with Crippen molar-refractivity contribution in [2.24, 2.45) is 5.92 Å². The van der Waals surface area contributed by atoms with Crippen LogP contribution in [-0.2, 0) is 4.79 Å². The Hall–Kier alpha value is -1.12. The van der Waals surface area contributed by atoms with E-state index in [-0.39, 0.29) is 11.6 Å². The van der Waals surface area contributed by atoms with Gasteiger partial charge in [-0.15, -0.1) is 0 Å². The number of hydrogen-bond donors (Lipinski definition) is 1. The zero-order valence-corrected chi connectivity index (χ0v) is 13.0. The average molecular weight is 266 g/mol. The lowest BCUT2D eigenvalue weighted by molar-refractivity contribution is -0.124. The van der Waals surface area contributed by atoms with Crippen LogP contribution in [0.15, 0.2) is 12.2 Å². The molecular weight excluding hydrogens is 236 g/mol. The van der Waals surface area contributed by atoms with Crippen molar-refractivity contribution in [3.05, 3.63) is 12.2 Å². The highest BCUT2D eigenvalue weighted by atomic mass is 16.2. The number of allylic oxidation sites excluding steroid dienone is 1. The van der Waals surface area contributed by atoms with Crippen molar-refractivity contribution in [1.29, 1.82) is 5.41 Å². The molecule has 3 nitrogen and oxygen atoms in total. The second-order valence-corrected chi connectivity index (χ2v) is 5.20. The van der Waals surface area contributed by atoms with Crippen molar-refractivity contribution >= 4 is 11.6 Å². The normalized spacial score (nSPS) is 12.6. The Morgan fingerprint density at radius 3 is 2.42 bits per heavy atom. The fourth-order valence-corrected chi connectivity index (χ4v) is 1.77.